The highest BCUT2D eigenvalue weighted by atomic mass is 32.2. The zero-order valence-electron chi connectivity index (χ0n) is 12.4. The molecule has 0 radical (unpaired) electrons. The number of thioether (sulfide) groups is 1. The molecule has 22 heavy (non-hydrogen) atoms. The van der Waals surface area contributed by atoms with E-state index in [9.17, 15) is 4.79 Å². The Labute approximate surface area is 132 Å². The molecular weight excluding hydrogens is 296 g/mol. The monoisotopic (exact) mass is 312 g/mol. The number of para-hydroxylation sites is 1. The van der Waals surface area contributed by atoms with E-state index in [4.69, 9.17) is 0 Å². The van der Waals surface area contributed by atoms with Gasteiger partial charge in [-0.1, -0.05) is 30.0 Å². The van der Waals surface area contributed by atoms with Crippen molar-refractivity contribution in [1.82, 2.24) is 19.7 Å². The summed E-state index contributed by atoms with van der Waals surface area (Å²) in [6.07, 6.45) is 1.66. The van der Waals surface area contributed by atoms with Gasteiger partial charge in [0, 0.05) is 17.0 Å². The molecule has 0 amide bonds. The highest BCUT2D eigenvalue weighted by Crippen LogP contribution is 2.18. The molecule has 0 aliphatic rings. The van der Waals surface area contributed by atoms with E-state index in [0.29, 0.717) is 10.9 Å². The number of H-pyrrole nitrogens is 1. The summed E-state index contributed by atoms with van der Waals surface area (Å²) >= 11 is 1.35. The van der Waals surface area contributed by atoms with Gasteiger partial charge in [0.25, 0.3) is 0 Å². The van der Waals surface area contributed by atoms with Crippen LogP contribution in [0.25, 0.3) is 5.69 Å². The van der Waals surface area contributed by atoms with Gasteiger partial charge in [-0.2, -0.15) is 0 Å². The molecule has 2 heterocycles. The lowest BCUT2D eigenvalue weighted by Crippen LogP contribution is -2.03. The number of carbonyl (C=O) groups is 1. The first kappa shape index (κ1) is 14.6. The third kappa shape index (κ3) is 3.12. The van der Waals surface area contributed by atoms with Gasteiger partial charge >= 0.3 is 0 Å². The maximum atomic E-state index is 12.2. The van der Waals surface area contributed by atoms with Crippen LogP contribution in [0.3, 0.4) is 0 Å². The Morgan fingerprint density at radius 1 is 1.27 bits per heavy atom. The first-order valence-electron chi connectivity index (χ1n) is 6.93. The van der Waals surface area contributed by atoms with Crippen LogP contribution < -0.4 is 0 Å². The van der Waals surface area contributed by atoms with Gasteiger partial charge in [-0.15, -0.1) is 5.10 Å². The minimum absolute atomic E-state index is 0.0860. The third-order valence-corrected chi connectivity index (χ3v) is 4.13. The summed E-state index contributed by atoms with van der Waals surface area (Å²) in [6.45, 7) is 3.85. The van der Waals surface area contributed by atoms with E-state index in [2.05, 4.69) is 15.1 Å². The van der Waals surface area contributed by atoms with Gasteiger partial charge < -0.3 is 4.98 Å². The number of aromatic amines is 1. The maximum absolute atomic E-state index is 12.2. The number of nitrogens with zero attached hydrogens (tertiary/aromatic N) is 3. The minimum atomic E-state index is 0.0860. The average molecular weight is 312 g/mol. The van der Waals surface area contributed by atoms with E-state index in [0.717, 1.165) is 22.6 Å². The van der Waals surface area contributed by atoms with Crippen LogP contribution in [0.1, 0.15) is 21.7 Å². The summed E-state index contributed by atoms with van der Waals surface area (Å²) in [5.41, 5.74) is 3.60. The van der Waals surface area contributed by atoms with Crippen molar-refractivity contribution in [2.45, 2.75) is 19.0 Å². The molecule has 1 N–H and O–H groups in total. The number of rotatable bonds is 5. The van der Waals surface area contributed by atoms with Gasteiger partial charge in [-0.25, -0.2) is 9.67 Å². The number of hydrogen-bond acceptors (Lipinski definition) is 4. The molecule has 0 bridgehead atoms. The lowest BCUT2D eigenvalue weighted by Gasteiger charge is -1.99. The predicted molar refractivity (Wildman–Crippen MR) is 86.7 cm³/mol. The van der Waals surface area contributed by atoms with Crippen molar-refractivity contribution in [3.8, 4) is 5.69 Å². The van der Waals surface area contributed by atoms with Crippen LogP contribution in [0, 0.1) is 13.8 Å². The largest absolute Gasteiger partial charge is 0.362 e. The fourth-order valence-electron chi connectivity index (χ4n) is 2.24. The predicted octanol–water partition coefficient (Wildman–Crippen LogP) is 3.19. The van der Waals surface area contributed by atoms with Gasteiger partial charge in [0.2, 0.25) is 5.16 Å². The summed E-state index contributed by atoms with van der Waals surface area (Å²) in [6, 6.07) is 11.7. The van der Waals surface area contributed by atoms with E-state index in [1.54, 1.807) is 11.0 Å². The maximum Gasteiger partial charge on any atom is 0.209 e. The average Bonchev–Trinajstić information content (AvgIpc) is 3.12. The van der Waals surface area contributed by atoms with E-state index in [1.165, 1.54) is 11.8 Å². The second-order valence-corrected chi connectivity index (χ2v) is 5.95. The number of nitrogens with one attached hydrogen (secondary N) is 1. The van der Waals surface area contributed by atoms with E-state index in [1.807, 2.05) is 50.2 Å². The van der Waals surface area contributed by atoms with Crippen LogP contribution in [0.2, 0.25) is 0 Å². The Bertz CT molecular complexity index is 792. The number of ketones is 1. The van der Waals surface area contributed by atoms with Gasteiger partial charge in [0.05, 0.1) is 11.4 Å². The molecule has 0 aliphatic heterocycles. The zero-order chi connectivity index (χ0) is 15.5. The summed E-state index contributed by atoms with van der Waals surface area (Å²) in [5, 5.41) is 4.98. The summed E-state index contributed by atoms with van der Waals surface area (Å²) in [5.74, 6) is 0.416. The quantitative estimate of drug-likeness (QED) is 0.580. The minimum Gasteiger partial charge on any atom is -0.362 e. The van der Waals surface area contributed by atoms with Crippen LogP contribution in [0.5, 0.6) is 0 Å². The van der Waals surface area contributed by atoms with Crippen molar-refractivity contribution in [2.24, 2.45) is 0 Å². The highest BCUT2D eigenvalue weighted by Gasteiger charge is 2.13. The van der Waals surface area contributed by atoms with Crippen molar-refractivity contribution in [2.75, 3.05) is 5.75 Å². The molecular formula is C16H16N4OS. The molecule has 2 aromatic heterocycles. The highest BCUT2D eigenvalue weighted by molar-refractivity contribution is 7.99. The molecule has 112 valence electrons. The lowest BCUT2D eigenvalue weighted by molar-refractivity contribution is 0.102. The van der Waals surface area contributed by atoms with Crippen LogP contribution in [0.15, 0.2) is 47.9 Å². The normalized spacial score (nSPS) is 10.8. The molecule has 0 unspecified atom stereocenters. The Morgan fingerprint density at radius 3 is 2.73 bits per heavy atom. The number of carbonyl (C=O) groups excluding carboxylic acids is 1. The summed E-state index contributed by atoms with van der Waals surface area (Å²) in [7, 11) is 0. The summed E-state index contributed by atoms with van der Waals surface area (Å²) < 4.78 is 1.71. The third-order valence-electron chi connectivity index (χ3n) is 3.27. The van der Waals surface area contributed by atoms with Gasteiger partial charge in [0.15, 0.2) is 5.78 Å². The Kier molecular flexibility index (Phi) is 4.11. The number of Topliss-reactive ketones (excluding diaryl/α,β-unsaturated/α-hetero) is 1. The molecule has 3 aromatic rings. The first-order valence-corrected chi connectivity index (χ1v) is 7.91. The van der Waals surface area contributed by atoms with Crippen molar-refractivity contribution in [1.29, 1.82) is 0 Å². The van der Waals surface area contributed by atoms with E-state index < -0.39 is 0 Å². The molecule has 0 saturated carbocycles. The Hall–Kier alpha value is -2.34. The van der Waals surface area contributed by atoms with Crippen molar-refractivity contribution in [3.05, 3.63) is 59.7 Å². The topological polar surface area (TPSA) is 63.6 Å². The molecule has 0 saturated heterocycles. The SMILES string of the molecule is Cc1cc(C(=O)CSc2ncn(-c3ccccc3)n2)c(C)[nH]1. The number of benzene rings is 1. The smallest absolute Gasteiger partial charge is 0.209 e. The van der Waals surface area contributed by atoms with Gasteiger partial charge in [-0.3, -0.25) is 4.79 Å². The Morgan fingerprint density at radius 2 is 2.05 bits per heavy atom. The van der Waals surface area contributed by atoms with Crippen molar-refractivity contribution >= 4 is 17.5 Å². The molecule has 0 aliphatic carbocycles. The molecule has 5 nitrogen and oxygen atoms in total. The van der Waals surface area contributed by atoms with Crippen LogP contribution in [-0.2, 0) is 0 Å². The molecule has 0 spiro atoms. The molecule has 0 atom stereocenters. The lowest BCUT2D eigenvalue weighted by atomic mass is 10.2. The standard InChI is InChI=1S/C16H16N4OS/c1-11-8-14(12(2)18-11)15(21)9-22-16-17-10-20(19-16)13-6-4-3-5-7-13/h3-8,10,18H,9H2,1-2H3. The number of aryl methyl sites for hydroxylation is 2. The van der Waals surface area contributed by atoms with Crippen molar-refractivity contribution < 1.29 is 4.79 Å². The number of hydrogen-bond donors (Lipinski definition) is 1. The zero-order valence-corrected chi connectivity index (χ0v) is 13.2. The van der Waals surface area contributed by atoms with Gasteiger partial charge in [0.1, 0.15) is 6.33 Å². The van der Waals surface area contributed by atoms with E-state index in [-0.39, 0.29) is 5.78 Å². The molecule has 0 fully saturated rings. The molecule has 6 heteroatoms. The van der Waals surface area contributed by atoms with Crippen LogP contribution >= 0.6 is 11.8 Å². The molecule has 1 aromatic carbocycles. The Balaban J connectivity index is 1.66. The second-order valence-electron chi connectivity index (χ2n) is 5.01. The second kappa shape index (κ2) is 6.19. The van der Waals surface area contributed by atoms with E-state index >= 15 is 0 Å². The van der Waals surface area contributed by atoms with Gasteiger partial charge in [-0.05, 0) is 32.0 Å². The fraction of sp³-hybridized carbons (Fsp3) is 0.188. The fourth-order valence-corrected chi connectivity index (χ4v) is 2.92. The molecule has 3 rings (SSSR count). The summed E-state index contributed by atoms with van der Waals surface area (Å²) in [4.78, 5) is 19.6. The number of aromatic nitrogens is 4. The van der Waals surface area contributed by atoms with Crippen LogP contribution in [0.4, 0.5) is 0 Å². The van der Waals surface area contributed by atoms with Crippen molar-refractivity contribution in [3.63, 3.8) is 0 Å². The first-order chi connectivity index (χ1) is 10.6. The van der Waals surface area contributed by atoms with Crippen LogP contribution in [-0.4, -0.2) is 31.3 Å².